The summed E-state index contributed by atoms with van der Waals surface area (Å²) in [5.41, 5.74) is 2.32. The lowest BCUT2D eigenvalue weighted by Crippen LogP contribution is -2.43. The van der Waals surface area contributed by atoms with Gasteiger partial charge in [-0.15, -0.1) is 0 Å². The molecule has 1 fully saturated rings. The summed E-state index contributed by atoms with van der Waals surface area (Å²) in [5, 5.41) is 7.34. The lowest BCUT2D eigenvalue weighted by Gasteiger charge is -2.27. The normalized spacial score (nSPS) is 21.0. The van der Waals surface area contributed by atoms with Crippen molar-refractivity contribution in [3.63, 3.8) is 0 Å². The van der Waals surface area contributed by atoms with E-state index in [0.717, 1.165) is 63.8 Å². The Morgan fingerprint density at radius 1 is 1.40 bits per heavy atom. The third-order valence-corrected chi connectivity index (χ3v) is 5.76. The van der Waals surface area contributed by atoms with E-state index in [4.69, 9.17) is 4.74 Å². The minimum atomic E-state index is 0.0313. The molecule has 1 amide bonds. The number of nitrogens with one attached hydrogen (secondary N) is 1. The first-order chi connectivity index (χ1) is 12.3. The topological polar surface area (TPSA) is 59.4 Å². The second kappa shape index (κ2) is 7.68. The quantitative estimate of drug-likeness (QED) is 0.880. The number of morpholine rings is 1. The molecule has 134 valence electrons. The lowest BCUT2D eigenvalue weighted by atomic mass is 9.98. The number of imidazole rings is 1. The van der Waals surface area contributed by atoms with Crippen molar-refractivity contribution in [3.05, 3.63) is 28.8 Å². The zero-order chi connectivity index (χ0) is 17.1. The summed E-state index contributed by atoms with van der Waals surface area (Å²) in [7, 11) is 0. The summed E-state index contributed by atoms with van der Waals surface area (Å²) in [6.07, 6.45) is 3.69. The Bertz CT molecular complexity index is 707. The van der Waals surface area contributed by atoms with Crippen LogP contribution in [0.3, 0.4) is 0 Å². The Kier molecular flexibility index (Phi) is 5.14. The standard InChI is InChI=1S/C18H24N4O2S/c23-18(19-4-5-21-6-8-24-9-7-21)14-1-2-17-20-11-16(22(17)12-14)15-3-10-25-13-15/h3,10-11,13-14H,1-2,4-9,12H2,(H,19,23). The summed E-state index contributed by atoms with van der Waals surface area (Å²) in [5.74, 6) is 1.30. The van der Waals surface area contributed by atoms with Crippen LogP contribution in [0.5, 0.6) is 0 Å². The minimum absolute atomic E-state index is 0.0313. The van der Waals surface area contributed by atoms with Gasteiger partial charge >= 0.3 is 0 Å². The van der Waals surface area contributed by atoms with Crippen LogP contribution in [-0.2, 0) is 22.5 Å². The molecule has 0 radical (unpaired) electrons. The fourth-order valence-electron chi connectivity index (χ4n) is 3.59. The van der Waals surface area contributed by atoms with E-state index in [1.807, 2.05) is 6.20 Å². The van der Waals surface area contributed by atoms with Gasteiger partial charge in [-0.05, 0) is 17.9 Å². The van der Waals surface area contributed by atoms with Crippen molar-refractivity contribution in [1.82, 2.24) is 19.8 Å². The van der Waals surface area contributed by atoms with E-state index in [0.29, 0.717) is 6.54 Å². The predicted octanol–water partition coefficient (Wildman–Crippen LogP) is 1.62. The molecule has 1 unspecified atom stereocenters. The first kappa shape index (κ1) is 16.8. The van der Waals surface area contributed by atoms with Gasteiger partial charge in [0.05, 0.1) is 31.0 Å². The van der Waals surface area contributed by atoms with Gasteiger partial charge in [-0.1, -0.05) is 0 Å². The molecule has 2 aromatic rings. The molecule has 6 nitrogen and oxygen atoms in total. The minimum Gasteiger partial charge on any atom is -0.379 e. The molecule has 1 N–H and O–H groups in total. The average Bonchev–Trinajstić information content (AvgIpc) is 3.31. The molecule has 7 heteroatoms. The third kappa shape index (κ3) is 3.78. The smallest absolute Gasteiger partial charge is 0.224 e. The Hall–Kier alpha value is -1.70. The monoisotopic (exact) mass is 360 g/mol. The highest BCUT2D eigenvalue weighted by atomic mass is 32.1. The van der Waals surface area contributed by atoms with E-state index >= 15 is 0 Å². The summed E-state index contributed by atoms with van der Waals surface area (Å²) < 4.78 is 7.57. The van der Waals surface area contributed by atoms with Gasteiger partial charge in [0.25, 0.3) is 0 Å². The van der Waals surface area contributed by atoms with Crippen molar-refractivity contribution in [3.8, 4) is 11.3 Å². The zero-order valence-corrected chi connectivity index (χ0v) is 15.1. The maximum Gasteiger partial charge on any atom is 0.224 e. The van der Waals surface area contributed by atoms with Gasteiger partial charge in [-0.25, -0.2) is 4.98 Å². The number of hydrogen-bond donors (Lipinski definition) is 1. The molecule has 2 aromatic heterocycles. The van der Waals surface area contributed by atoms with Gasteiger partial charge in [0.2, 0.25) is 5.91 Å². The average molecular weight is 360 g/mol. The lowest BCUT2D eigenvalue weighted by molar-refractivity contribution is -0.126. The third-order valence-electron chi connectivity index (χ3n) is 5.08. The number of amides is 1. The Labute approximate surface area is 151 Å². The van der Waals surface area contributed by atoms with Gasteiger partial charge in [0.1, 0.15) is 5.82 Å². The van der Waals surface area contributed by atoms with Crippen molar-refractivity contribution in [2.24, 2.45) is 5.92 Å². The number of carbonyl (C=O) groups excluding carboxylic acids is 1. The molecule has 4 heterocycles. The van der Waals surface area contributed by atoms with Crippen molar-refractivity contribution >= 4 is 17.2 Å². The number of rotatable bonds is 5. The van der Waals surface area contributed by atoms with Crippen LogP contribution in [0, 0.1) is 5.92 Å². The van der Waals surface area contributed by atoms with E-state index in [1.54, 1.807) is 11.3 Å². The molecule has 4 rings (SSSR count). The van der Waals surface area contributed by atoms with Crippen LogP contribution in [0.2, 0.25) is 0 Å². The SMILES string of the molecule is O=C(NCCN1CCOCC1)C1CCc2ncc(-c3ccsc3)n2C1. The maximum atomic E-state index is 12.6. The first-order valence-corrected chi connectivity index (χ1v) is 9.90. The highest BCUT2D eigenvalue weighted by Crippen LogP contribution is 2.28. The molecule has 0 spiro atoms. The molecule has 1 atom stereocenters. The van der Waals surface area contributed by atoms with Gasteiger partial charge in [0.15, 0.2) is 0 Å². The van der Waals surface area contributed by atoms with Gasteiger partial charge in [-0.3, -0.25) is 9.69 Å². The number of fused-ring (bicyclic) bond motifs is 1. The zero-order valence-electron chi connectivity index (χ0n) is 14.3. The number of thiophene rings is 1. The van der Waals surface area contributed by atoms with Crippen LogP contribution in [0.25, 0.3) is 11.3 Å². The second-order valence-corrected chi connectivity index (χ2v) is 7.44. The fourth-order valence-corrected chi connectivity index (χ4v) is 4.24. The summed E-state index contributed by atoms with van der Waals surface area (Å²) in [6.45, 7) is 5.85. The molecular weight excluding hydrogens is 336 g/mol. The predicted molar refractivity (Wildman–Crippen MR) is 97.6 cm³/mol. The van der Waals surface area contributed by atoms with E-state index in [1.165, 1.54) is 5.56 Å². The van der Waals surface area contributed by atoms with E-state index in [-0.39, 0.29) is 11.8 Å². The second-order valence-electron chi connectivity index (χ2n) is 6.66. The molecule has 2 aliphatic heterocycles. The number of hydrogen-bond acceptors (Lipinski definition) is 5. The van der Waals surface area contributed by atoms with Crippen LogP contribution in [0.15, 0.2) is 23.0 Å². The number of aryl methyl sites for hydroxylation is 1. The van der Waals surface area contributed by atoms with Gasteiger partial charge in [-0.2, -0.15) is 11.3 Å². The van der Waals surface area contributed by atoms with Gasteiger partial charge in [0, 0.05) is 50.1 Å². The number of ether oxygens (including phenoxy) is 1. The molecular formula is C18H24N4O2S. The van der Waals surface area contributed by atoms with Crippen LogP contribution >= 0.6 is 11.3 Å². The summed E-state index contributed by atoms with van der Waals surface area (Å²) >= 11 is 1.69. The maximum absolute atomic E-state index is 12.6. The van der Waals surface area contributed by atoms with Crippen molar-refractivity contribution in [2.45, 2.75) is 19.4 Å². The summed E-state index contributed by atoms with van der Waals surface area (Å²) in [6, 6.07) is 2.11. The highest BCUT2D eigenvalue weighted by Gasteiger charge is 2.27. The summed E-state index contributed by atoms with van der Waals surface area (Å²) in [4.78, 5) is 19.5. The molecule has 0 bridgehead atoms. The van der Waals surface area contributed by atoms with E-state index in [2.05, 4.69) is 36.6 Å². The van der Waals surface area contributed by atoms with Crippen LogP contribution in [-0.4, -0.2) is 59.8 Å². The van der Waals surface area contributed by atoms with E-state index < -0.39 is 0 Å². The highest BCUT2D eigenvalue weighted by molar-refractivity contribution is 7.08. The largest absolute Gasteiger partial charge is 0.379 e. The van der Waals surface area contributed by atoms with Crippen LogP contribution in [0.1, 0.15) is 12.2 Å². The molecule has 1 saturated heterocycles. The van der Waals surface area contributed by atoms with Crippen molar-refractivity contribution in [2.75, 3.05) is 39.4 Å². The molecule has 25 heavy (non-hydrogen) atoms. The van der Waals surface area contributed by atoms with Crippen LogP contribution in [0.4, 0.5) is 0 Å². The van der Waals surface area contributed by atoms with Crippen molar-refractivity contribution in [1.29, 1.82) is 0 Å². The molecule has 2 aliphatic rings. The van der Waals surface area contributed by atoms with Gasteiger partial charge < -0.3 is 14.6 Å². The number of aromatic nitrogens is 2. The molecule has 0 aromatic carbocycles. The van der Waals surface area contributed by atoms with E-state index in [9.17, 15) is 4.79 Å². The Morgan fingerprint density at radius 2 is 2.28 bits per heavy atom. The molecule has 0 aliphatic carbocycles. The number of carbonyl (C=O) groups is 1. The Balaban J connectivity index is 1.33. The Morgan fingerprint density at radius 3 is 3.08 bits per heavy atom. The fraction of sp³-hybridized carbons (Fsp3) is 0.556. The first-order valence-electron chi connectivity index (χ1n) is 8.96. The van der Waals surface area contributed by atoms with Crippen LogP contribution < -0.4 is 5.32 Å². The number of nitrogens with zero attached hydrogens (tertiary/aromatic N) is 3. The van der Waals surface area contributed by atoms with Crippen molar-refractivity contribution < 1.29 is 9.53 Å². The molecule has 0 saturated carbocycles.